The quantitative estimate of drug-likeness (QED) is 0.872. The number of amides is 1. The maximum absolute atomic E-state index is 11.3. The summed E-state index contributed by atoms with van der Waals surface area (Å²) in [5.74, 6) is 0.989. The Bertz CT molecular complexity index is 606. The van der Waals surface area contributed by atoms with E-state index >= 15 is 0 Å². The van der Waals surface area contributed by atoms with Gasteiger partial charge < -0.3 is 10.6 Å². The lowest BCUT2D eigenvalue weighted by atomic mass is 10.0. The van der Waals surface area contributed by atoms with E-state index in [9.17, 15) is 4.79 Å². The van der Waals surface area contributed by atoms with Crippen LogP contribution in [-0.4, -0.2) is 17.9 Å². The number of nitrogens with one attached hydrogen (secondary N) is 2. The Balaban J connectivity index is 1.97. The minimum Gasteiger partial charge on any atom is -0.372 e. The fraction of sp³-hybridized carbons (Fsp3) is 0.231. The number of rotatable bonds is 2. The first-order valence-corrected chi connectivity index (χ1v) is 6.70. The summed E-state index contributed by atoms with van der Waals surface area (Å²) in [6.45, 7) is 0. The van der Waals surface area contributed by atoms with Gasteiger partial charge in [-0.25, -0.2) is 4.98 Å². The summed E-state index contributed by atoms with van der Waals surface area (Å²) >= 11 is 1.62. The summed E-state index contributed by atoms with van der Waals surface area (Å²) in [4.78, 5) is 15.8. The van der Waals surface area contributed by atoms with Crippen LogP contribution in [0, 0.1) is 0 Å². The molecule has 5 heteroatoms. The van der Waals surface area contributed by atoms with Crippen molar-refractivity contribution in [2.45, 2.75) is 12.8 Å². The minimum atomic E-state index is 0.0990. The van der Waals surface area contributed by atoms with Crippen LogP contribution in [0.5, 0.6) is 0 Å². The molecule has 0 aliphatic carbocycles. The standard InChI is InChI=1S/C13H13N3OS/c1-14-11-7-18-13(16-11)9-2-4-10-8(6-9)3-5-12(17)15-10/h2,4,6-7,14H,3,5H2,1H3,(H,15,17). The van der Waals surface area contributed by atoms with Gasteiger partial charge in [0.15, 0.2) is 0 Å². The molecule has 0 saturated carbocycles. The van der Waals surface area contributed by atoms with Gasteiger partial charge in [-0.3, -0.25) is 4.79 Å². The van der Waals surface area contributed by atoms with Crippen LogP contribution in [0.2, 0.25) is 0 Å². The molecule has 3 rings (SSSR count). The Morgan fingerprint density at radius 3 is 3.06 bits per heavy atom. The topological polar surface area (TPSA) is 54.0 Å². The number of nitrogens with zero attached hydrogens (tertiary/aromatic N) is 1. The molecule has 18 heavy (non-hydrogen) atoms. The zero-order chi connectivity index (χ0) is 12.5. The molecule has 0 bridgehead atoms. The molecule has 2 N–H and O–H groups in total. The van der Waals surface area contributed by atoms with Gasteiger partial charge in [0.05, 0.1) is 0 Å². The van der Waals surface area contributed by atoms with Gasteiger partial charge in [-0.15, -0.1) is 11.3 Å². The van der Waals surface area contributed by atoms with Crippen molar-refractivity contribution in [3.8, 4) is 10.6 Å². The highest BCUT2D eigenvalue weighted by Crippen LogP contribution is 2.31. The van der Waals surface area contributed by atoms with Crippen LogP contribution in [0.4, 0.5) is 11.5 Å². The Morgan fingerprint density at radius 2 is 2.28 bits per heavy atom. The number of aromatic nitrogens is 1. The molecule has 2 aromatic rings. The highest BCUT2D eigenvalue weighted by atomic mass is 32.1. The molecule has 1 aromatic heterocycles. The van der Waals surface area contributed by atoms with Crippen molar-refractivity contribution >= 4 is 28.7 Å². The first kappa shape index (κ1) is 11.2. The second-order valence-electron chi connectivity index (χ2n) is 4.21. The van der Waals surface area contributed by atoms with Crippen molar-refractivity contribution in [2.75, 3.05) is 17.7 Å². The van der Waals surface area contributed by atoms with Crippen molar-refractivity contribution < 1.29 is 4.79 Å². The first-order valence-electron chi connectivity index (χ1n) is 5.82. The summed E-state index contributed by atoms with van der Waals surface area (Å²) in [7, 11) is 1.86. The summed E-state index contributed by atoms with van der Waals surface area (Å²) in [6, 6.07) is 6.08. The van der Waals surface area contributed by atoms with E-state index in [0.717, 1.165) is 28.5 Å². The molecule has 0 unspecified atom stereocenters. The van der Waals surface area contributed by atoms with E-state index in [1.807, 2.05) is 24.6 Å². The summed E-state index contributed by atoms with van der Waals surface area (Å²) in [6.07, 6.45) is 1.37. The molecule has 0 atom stereocenters. The van der Waals surface area contributed by atoms with Crippen LogP contribution in [-0.2, 0) is 11.2 Å². The molecule has 1 amide bonds. The SMILES string of the molecule is CNc1csc(-c2ccc3c(c2)CCC(=O)N3)n1. The highest BCUT2D eigenvalue weighted by molar-refractivity contribution is 7.13. The monoisotopic (exact) mass is 259 g/mol. The normalized spacial score (nSPS) is 13.9. The van der Waals surface area contributed by atoms with Gasteiger partial charge in [0.25, 0.3) is 0 Å². The van der Waals surface area contributed by atoms with Gasteiger partial charge in [0.2, 0.25) is 5.91 Å². The third-order valence-electron chi connectivity index (χ3n) is 3.01. The fourth-order valence-electron chi connectivity index (χ4n) is 2.04. The number of hydrogen-bond acceptors (Lipinski definition) is 4. The number of benzene rings is 1. The molecular formula is C13H13N3OS. The largest absolute Gasteiger partial charge is 0.372 e. The number of carbonyl (C=O) groups excluding carboxylic acids is 1. The third kappa shape index (κ3) is 1.97. The maximum Gasteiger partial charge on any atom is 0.224 e. The number of anilines is 2. The lowest BCUT2D eigenvalue weighted by molar-refractivity contribution is -0.116. The lowest BCUT2D eigenvalue weighted by Gasteiger charge is -2.17. The van der Waals surface area contributed by atoms with E-state index in [1.54, 1.807) is 11.3 Å². The Morgan fingerprint density at radius 1 is 1.39 bits per heavy atom. The smallest absolute Gasteiger partial charge is 0.224 e. The predicted molar refractivity (Wildman–Crippen MR) is 74.0 cm³/mol. The number of fused-ring (bicyclic) bond motifs is 1. The third-order valence-corrected chi connectivity index (χ3v) is 3.90. The van der Waals surface area contributed by atoms with Crippen molar-refractivity contribution in [1.29, 1.82) is 0 Å². The number of aryl methyl sites for hydroxylation is 1. The minimum absolute atomic E-state index is 0.0990. The highest BCUT2D eigenvalue weighted by Gasteiger charge is 2.15. The van der Waals surface area contributed by atoms with E-state index in [1.165, 1.54) is 5.56 Å². The van der Waals surface area contributed by atoms with Gasteiger partial charge in [-0.2, -0.15) is 0 Å². The predicted octanol–water partition coefficient (Wildman–Crippen LogP) is 2.74. The summed E-state index contributed by atoms with van der Waals surface area (Å²) < 4.78 is 0. The molecule has 1 aliphatic rings. The van der Waals surface area contributed by atoms with Crippen LogP contribution in [0.1, 0.15) is 12.0 Å². The first-order chi connectivity index (χ1) is 8.76. The lowest BCUT2D eigenvalue weighted by Crippen LogP contribution is -2.18. The van der Waals surface area contributed by atoms with Crippen LogP contribution in [0.15, 0.2) is 23.6 Å². The number of carbonyl (C=O) groups is 1. The molecule has 1 aliphatic heterocycles. The van der Waals surface area contributed by atoms with Gasteiger partial charge in [0.1, 0.15) is 10.8 Å². The van der Waals surface area contributed by atoms with E-state index < -0.39 is 0 Å². The Hall–Kier alpha value is -1.88. The molecule has 92 valence electrons. The Kier molecular flexibility index (Phi) is 2.76. The van der Waals surface area contributed by atoms with Crippen molar-refractivity contribution in [1.82, 2.24) is 4.98 Å². The van der Waals surface area contributed by atoms with Crippen LogP contribution < -0.4 is 10.6 Å². The molecule has 4 nitrogen and oxygen atoms in total. The number of hydrogen-bond donors (Lipinski definition) is 2. The van der Waals surface area contributed by atoms with Gasteiger partial charge in [-0.1, -0.05) is 0 Å². The van der Waals surface area contributed by atoms with Crippen LogP contribution >= 0.6 is 11.3 Å². The van der Waals surface area contributed by atoms with Crippen LogP contribution in [0.25, 0.3) is 10.6 Å². The van der Waals surface area contributed by atoms with Gasteiger partial charge >= 0.3 is 0 Å². The number of thiazole rings is 1. The van der Waals surface area contributed by atoms with Crippen LogP contribution in [0.3, 0.4) is 0 Å². The van der Waals surface area contributed by atoms with Crippen molar-refractivity contribution in [3.05, 3.63) is 29.1 Å². The molecule has 1 aromatic carbocycles. The average molecular weight is 259 g/mol. The van der Waals surface area contributed by atoms with E-state index in [-0.39, 0.29) is 5.91 Å². The molecule has 2 heterocycles. The summed E-state index contributed by atoms with van der Waals surface area (Å²) in [5, 5.41) is 8.91. The fourth-order valence-corrected chi connectivity index (χ4v) is 2.85. The molecule has 0 saturated heterocycles. The molecule has 0 radical (unpaired) electrons. The van der Waals surface area contributed by atoms with Gasteiger partial charge in [-0.05, 0) is 30.2 Å². The zero-order valence-corrected chi connectivity index (χ0v) is 10.8. The second-order valence-corrected chi connectivity index (χ2v) is 5.07. The maximum atomic E-state index is 11.3. The van der Waals surface area contributed by atoms with E-state index in [0.29, 0.717) is 6.42 Å². The molecule has 0 spiro atoms. The summed E-state index contributed by atoms with van der Waals surface area (Å²) in [5.41, 5.74) is 3.23. The van der Waals surface area contributed by atoms with E-state index in [2.05, 4.69) is 21.7 Å². The van der Waals surface area contributed by atoms with E-state index in [4.69, 9.17) is 0 Å². The van der Waals surface area contributed by atoms with Crippen molar-refractivity contribution in [3.63, 3.8) is 0 Å². The average Bonchev–Trinajstić information content (AvgIpc) is 2.87. The van der Waals surface area contributed by atoms with Crippen molar-refractivity contribution in [2.24, 2.45) is 0 Å². The second kappa shape index (κ2) is 4.42. The Labute approximate surface area is 109 Å². The molecule has 0 fully saturated rings. The van der Waals surface area contributed by atoms with Gasteiger partial charge in [0, 0.05) is 30.1 Å². The zero-order valence-electron chi connectivity index (χ0n) is 9.99. The molecular weight excluding hydrogens is 246 g/mol.